The van der Waals surface area contributed by atoms with Crippen molar-refractivity contribution in [2.24, 2.45) is 0 Å². The van der Waals surface area contributed by atoms with Crippen LogP contribution in [0, 0.1) is 10.1 Å². The van der Waals surface area contributed by atoms with Gasteiger partial charge in [0, 0.05) is 15.9 Å². The summed E-state index contributed by atoms with van der Waals surface area (Å²) >= 11 is 3.62. The minimum atomic E-state index is -1.74. The molecular weight excluding hydrogens is 468 g/mol. The third-order valence-corrected chi connectivity index (χ3v) is 14.9. The van der Waals surface area contributed by atoms with Gasteiger partial charge >= 0.3 is 0 Å². The molecule has 3 aromatic rings. The summed E-state index contributed by atoms with van der Waals surface area (Å²) in [6.45, 7) is 14.2. The Labute approximate surface area is 194 Å². The van der Waals surface area contributed by atoms with Crippen molar-refractivity contribution < 1.29 is 4.92 Å². The van der Waals surface area contributed by atoms with E-state index >= 15 is 0 Å². The molecule has 0 atom stereocenters. The molecule has 0 fully saturated rings. The zero-order valence-electron chi connectivity index (χ0n) is 19.1. The molecular formula is C25H31BrN2O2Si. The molecule has 0 saturated heterocycles. The molecule has 0 unspecified atom stereocenters. The van der Waals surface area contributed by atoms with E-state index in [1.807, 2.05) is 18.2 Å². The van der Waals surface area contributed by atoms with Gasteiger partial charge in [-0.15, -0.1) is 0 Å². The second kappa shape index (κ2) is 9.21. The first-order chi connectivity index (χ1) is 14.6. The molecule has 0 saturated carbocycles. The fraction of sp³-hybridized carbons (Fsp3) is 0.400. The van der Waals surface area contributed by atoms with Crippen LogP contribution in [0.4, 0.5) is 5.69 Å². The fourth-order valence-corrected chi connectivity index (χ4v) is 11.9. The van der Waals surface area contributed by atoms with E-state index in [1.165, 1.54) is 5.56 Å². The van der Waals surface area contributed by atoms with Crippen LogP contribution < -0.4 is 0 Å². The summed E-state index contributed by atoms with van der Waals surface area (Å²) in [6.07, 6.45) is 0. The highest BCUT2D eigenvalue weighted by Gasteiger charge is 2.42. The zero-order valence-corrected chi connectivity index (χ0v) is 21.7. The largest absolute Gasteiger partial charge is 0.278 e. The van der Waals surface area contributed by atoms with Gasteiger partial charge in [-0.25, -0.2) is 4.98 Å². The number of halogens is 1. The maximum absolute atomic E-state index is 11.7. The Morgan fingerprint density at radius 1 is 0.968 bits per heavy atom. The minimum absolute atomic E-state index is 0.0949. The van der Waals surface area contributed by atoms with Gasteiger partial charge in [0.1, 0.15) is 0 Å². The van der Waals surface area contributed by atoms with E-state index in [0.29, 0.717) is 27.9 Å². The predicted octanol–water partition coefficient (Wildman–Crippen LogP) is 8.33. The Hall–Kier alpha value is -2.05. The number of pyridine rings is 1. The fourth-order valence-electron chi connectivity index (χ4n) is 5.34. The van der Waals surface area contributed by atoms with Gasteiger partial charge in [-0.2, -0.15) is 0 Å². The zero-order chi connectivity index (χ0) is 22.9. The van der Waals surface area contributed by atoms with E-state index in [9.17, 15) is 10.1 Å². The van der Waals surface area contributed by atoms with Crippen LogP contribution in [-0.4, -0.2) is 18.0 Å². The predicted molar refractivity (Wildman–Crippen MR) is 136 cm³/mol. The normalized spacial score (nSPS) is 12.3. The number of fused-ring (bicyclic) bond motifs is 1. The lowest BCUT2D eigenvalue weighted by atomic mass is 10.0. The SMILES string of the molecule is CC(C)[Si](Cc1cc(-c2ccccc2[N+](=O)[O-])nc2ccc(Br)cc12)(C(C)C)C(C)C. The van der Waals surface area contributed by atoms with Crippen molar-refractivity contribution >= 4 is 40.6 Å². The molecule has 0 aliphatic rings. The Morgan fingerprint density at radius 2 is 1.58 bits per heavy atom. The van der Waals surface area contributed by atoms with E-state index < -0.39 is 8.07 Å². The molecule has 0 bridgehead atoms. The van der Waals surface area contributed by atoms with Crippen LogP contribution in [-0.2, 0) is 6.04 Å². The smallest absolute Gasteiger partial charge is 0.258 e. The summed E-state index contributed by atoms with van der Waals surface area (Å²) in [5.41, 5.74) is 5.35. The summed E-state index contributed by atoms with van der Waals surface area (Å²) in [4.78, 5) is 16.2. The molecule has 0 aliphatic carbocycles. The quantitative estimate of drug-likeness (QED) is 0.187. The van der Waals surface area contributed by atoms with Crippen molar-refractivity contribution in [3.05, 3.63) is 68.7 Å². The molecule has 0 N–H and O–H groups in total. The van der Waals surface area contributed by atoms with Crippen molar-refractivity contribution in [1.29, 1.82) is 0 Å². The second-order valence-corrected chi connectivity index (χ2v) is 16.3. The minimum Gasteiger partial charge on any atom is -0.258 e. The van der Waals surface area contributed by atoms with Gasteiger partial charge in [0.15, 0.2) is 0 Å². The molecule has 6 heteroatoms. The average molecular weight is 500 g/mol. The van der Waals surface area contributed by atoms with Gasteiger partial charge in [0.25, 0.3) is 5.69 Å². The van der Waals surface area contributed by atoms with Crippen molar-refractivity contribution in [1.82, 2.24) is 4.98 Å². The van der Waals surface area contributed by atoms with Crippen LogP contribution in [0.5, 0.6) is 0 Å². The highest BCUT2D eigenvalue weighted by molar-refractivity contribution is 9.10. The summed E-state index contributed by atoms with van der Waals surface area (Å²) in [5, 5.41) is 12.8. The van der Waals surface area contributed by atoms with Crippen LogP contribution in [0.3, 0.4) is 0 Å². The van der Waals surface area contributed by atoms with E-state index in [0.717, 1.165) is 21.4 Å². The van der Waals surface area contributed by atoms with E-state index in [4.69, 9.17) is 4.98 Å². The van der Waals surface area contributed by atoms with Crippen molar-refractivity contribution in [3.63, 3.8) is 0 Å². The lowest BCUT2D eigenvalue weighted by molar-refractivity contribution is -0.384. The highest BCUT2D eigenvalue weighted by Crippen LogP contribution is 2.45. The van der Waals surface area contributed by atoms with Crippen molar-refractivity contribution in [2.45, 2.75) is 64.2 Å². The molecule has 0 spiro atoms. The molecule has 1 aromatic heterocycles. The number of nitrogens with zero attached hydrogens (tertiary/aromatic N) is 2. The average Bonchev–Trinajstić information content (AvgIpc) is 2.71. The number of nitro benzene ring substituents is 1. The first kappa shape index (κ1) is 23.6. The van der Waals surface area contributed by atoms with E-state index in [-0.39, 0.29) is 10.6 Å². The second-order valence-electron chi connectivity index (χ2n) is 9.36. The van der Waals surface area contributed by atoms with Crippen LogP contribution in [0.15, 0.2) is 53.0 Å². The van der Waals surface area contributed by atoms with Gasteiger partial charge in [-0.1, -0.05) is 86.2 Å². The van der Waals surface area contributed by atoms with Gasteiger partial charge in [-0.05, 0) is 41.9 Å². The number of para-hydroxylation sites is 1. The Morgan fingerprint density at radius 3 is 2.16 bits per heavy atom. The van der Waals surface area contributed by atoms with E-state index in [1.54, 1.807) is 18.2 Å². The standard InChI is InChI=1S/C25H31BrN2O2Si/c1-16(2)31(17(3)4,18(5)6)15-19-13-24(21-9-7-8-10-25(21)28(29)30)27-23-12-11-20(26)14-22(19)23/h7-14,16-18H,15H2,1-6H3. The number of hydrogen-bond acceptors (Lipinski definition) is 3. The molecule has 0 amide bonds. The van der Waals surface area contributed by atoms with Gasteiger partial charge in [-0.3, -0.25) is 10.1 Å². The lowest BCUT2D eigenvalue weighted by Gasteiger charge is -2.43. The Bertz CT molecular complexity index is 1090. The molecule has 1 heterocycles. The van der Waals surface area contributed by atoms with Gasteiger partial charge < -0.3 is 0 Å². The van der Waals surface area contributed by atoms with Gasteiger partial charge in [0.2, 0.25) is 0 Å². The number of hydrogen-bond donors (Lipinski definition) is 0. The molecule has 0 aliphatic heterocycles. The first-order valence-corrected chi connectivity index (χ1v) is 14.1. The summed E-state index contributed by atoms with van der Waals surface area (Å²) in [6, 6.07) is 16.2. The number of aromatic nitrogens is 1. The Kier molecular flexibility index (Phi) is 7.01. The summed E-state index contributed by atoms with van der Waals surface area (Å²) < 4.78 is 1.02. The maximum Gasteiger partial charge on any atom is 0.278 e. The molecule has 4 nitrogen and oxygen atoms in total. The van der Waals surface area contributed by atoms with Crippen molar-refractivity contribution in [3.8, 4) is 11.3 Å². The van der Waals surface area contributed by atoms with Crippen LogP contribution in [0.1, 0.15) is 47.1 Å². The van der Waals surface area contributed by atoms with E-state index in [2.05, 4.69) is 69.6 Å². The maximum atomic E-state index is 11.7. The molecule has 2 aromatic carbocycles. The van der Waals surface area contributed by atoms with Crippen LogP contribution in [0.25, 0.3) is 22.2 Å². The molecule has 31 heavy (non-hydrogen) atoms. The first-order valence-electron chi connectivity index (χ1n) is 10.9. The number of rotatable bonds is 7. The molecule has 0 radical (unpaired) electrons. The van der Waals surface area contributed by atoms with Crippen molar-refractivity contribution in [2.75, 3.05) is 0 Å². The monoisotopic (exact) mass is 498 g/mol. The Balaban J connectivity index is 2.30. The third kappa shape index (κ3) is 4.46. The molecule has 3 rings (SSSR count). The third-order valence-electron chi connectivity index (χ3n) is 6.95. The number of benzene rings is 2. The molecule has 164 valence electrons. The lowest BCUT2D eigenvalue weighted by Crippen LogP contribution is -2.47. The highest BCUT2D eigenvalue weighted by atomic mass is 79.9. The topological polar surface area (TPSA) is 56.0 Å². The summed E-state index contributed by atoms with van der Waals surface area (Å²) in [5.74, 6) is 0. The van der Waals surface area contributed by atoms with Gasteiger partial charge in [0.05, 0.1) is 29.8 Å². The van der Waals surface area contributed by atoms with Crippen LogP contribution >= 0.6 is 15.9 Å². The van der Waals surface area contributed by atoms with Crippen LogP contribution in [0.2, 0.25) is 16.6 Å². The summed E-state index contributed by atoms with van der Waals surface area (Å²) in [7, 11) is -1.74. The number of nitro groups is 1.